The lowest BCUT2D eigenvalue weighted by Gasteiger charge is -2.23. The van der Waals surface area contributed by atoms with Crippen LogP contribution in [0.2, 0.25) is 0 Å². The van der Waals surface area contributed by atoms with Gasteiger partial charge in [-0.15, -0.1) is 24.0 Å². The molecule has 172 valence electrons. The molecule has 0 fully saturated rings. The Morgan fingerprint density at radius 2 is 1.77 bits per heavy atom. The number of hydrogen-bond acceptors (Lipinski definition) is 3. The van der Waals surface area contributed by atoms with Gasteiger partial charge in [0.25, 0.3) is 0 Å². The normalized spacial score (nSPS) is 12.1. The lowest BCUT2D eigenvalue weighted by molar-refractivity contribution is -0.138. The Morgan fingerprint density at radius 3 is 2.30 bits per heavy atom. The number of rotatable bonds is 8. The quantitative estimate of drug-likeness (QED) is 0.262. The molecule has 3 N–H and O–H groups in total. The Balaban J connectivity index is 0.00000841. The van der Waals surface area contributed by atoms with Gasteiger partial charge in [-0.05, 0) is 44.9 Å². The molecule has 0 aromatic heterocycles. The van der Waals surface area contributed by atoms with E-state index < -0.39 is 17.3 Å². The third-order valence-electron chi connectivity index (χ3n) is 3.70. The fourth-order valence-corrected chi connectivity index (χ4v) is 2.44. The number of amides is 1. The Kier molecular flexibility index (Phi) is 12.1. The van der Waals surface area contributed by atoms with Crippen molar-refractivity contribution in [1.82, 2.24) is 16.0 Å². The molecule has 0 heterocycles. The van der Waals surface area contributed by atoms with E-state index in [2.05, 4.69) is 20.9 Å². The van der Waals surface area contributed by atoms with Crippen LogP contribution in [0, 0.1) is 0 Å². The molecule has 1 aromatic rings. The number of nitrogens with zero attached hydrogens (tertiary/aromatic N) is 1. The first-order chi connectivity index (χ1) is 13.5. The molecule has 0 radical (unpaired) electrons. The summed E-state index contributed by atoms with van der Waals surface area (Å²) in [5.74, 6) is 0.384. The molecule has 0 aliphatic carbocycles. The molecule has 6 nitrogen and oxygen atoms in total. The molecule has 0 aliphatic heterocycles. The molecule has 0 bridgehead atoms. The van der Waals surface area contributed by atoms with Crippen molar-refractivity contribution in [3.8, 4) is 5.75 Å². The number of carbonyl (C=O) groups is 1. The predicted octanol–water partition coefficient (Wildman–Crippen LogP) is 4.08. The minimum atomic E-state index is -4.51. The molecule has 0 unspecified atom stereocenters. The third-order valence-corrected chi connectivity index (χ3v) is 3.70. The van der Waals surface area contributed by atoms with E-state index in [-0.39, 0.29) is 54.2 Å². The Hall–Kier alpha value is -1.72. The van der Waals surface area contributed by atoms with Crippen LogP contribution in [0.25, 0.3) is 0 Å². The van der Waals surface area contributed by atoms with Crippen LogP contribution in [-0.2, 0) is 17.5 Å². The number of aliphatic imine (C=N–C) groups is 1. The fraction of sp³-hybridized carbons (Fsp3) is 0.600. The van der Waals surface area contributed by atoms with Gasteiger partial charge >= 0.3 is 6.18 Å². The lowest BCUT2D eigenvalue weighted by atomic mass is 10.1. The topological polar surface area (TPSA) is 74.8 Å². The highest BCUT2D eigenvalue weighted by atomic mass is 127. The van der Waals surface area contributed by atoms with Gasteiger partial charge in [-0.25, -0.2) is 0 Å². The van der Waals surface area contributed by atoms with Crippen molar-refractivity contribution >= 4 is 35.8 Å². The molecular formula is C20H32F3IN4O2. The number of nitrogens with one attached hydrogen (secondary N) is 3. The van der Waals surface area contributed by atoms with Crippen molar-refractivity contribution in [2.75, 3.05) is 20.1 Å². The molecule has 0 spiro atoms. The van der Waals surface area contributed by atoms with Crippen LogP contribution >= 0.6 is 24.0 Å². The van der Waals surface area contributed by atoms with Crippen molar-refractivity contribution in [3.05, 3.63) is 29.3 Å². The van der Waals surface area contributed by atoms with E-state index in [0.29, 0.717) is 19.0 Å². The predicted molar refractivity (Wildman–Crippen MR) is 123 cm³/mol. The van der Waals surface area contributed by atoms with Crippen LogP contribution in [0.1, 0.15) is 51.7 Å². The van der Waals surface area contributed by atoms with Gasteiger partial charge in [0, 0.05) is 33.1 Å². The number of alkyl halides is 3. The largest absolute Gasteiger partial charge is 0.488 e. The highest BCUT2D eigenvalue weighted by Crippen LogP contribution is 2.35. The average Bonchev–Trinajstić information content (AvgIpc) is 2.61. The van der Waals surface area contributed by atoms with E-state index in [1.807, 2.05) is 6.92 Å². The second kappa shape index (κ2) is 12.9. The molecule has 0 saturated heterocycles. The fourth-order valence-electron chi connectivity index (χ4n) is 2.44. The molecule has 0 aliphatic rings. The van der Waals surface area contributed by atoms with Gasteiger partial charge in [0.05, 0.1) is 5.56 Å². The molecular weight excluding hydrogens is 512 g/mol. The average molecular weight is 544 g/mol. The lowest BCUT2D eigenvalue weighted by Crippen LogP contribution is -2.39. The van der Waals surface area contributed by atoms with Crippen LogP contribution in [0.15, 0.2) is 23.2 Å². The molecule has 1 aromatic carbocycles. The number of hydrogen-bond donors (Lipinski definition) is 3. The van der Waals surface area contributed by atoms with Crippen molar-refractivity contribution < 1.29 is 22.7 Å². The highest BCUT2D eigenvalue weighted by Gasteiger charge is 2.34. The zero-order valence-electron chi connectivity index (χ0n) is 18.1. The number of guanidine groups is 1. The van der Waals surface area contributed by atoms with Crippen molar-refractivity contribution in [3.63, 3.8) is 0 Å². The summed E-state index contributed by atoms with van der Waals surface area (Å²) < 4.78 is 46.0. The van der Waals surface area contributed by atoms with E-state index in [0.717, 1.165) is 12.5 Å². The van der Waals surface area contributed by atoms with Gasteiger partial charge < -0.3 is 20.7 Å². The van der Waals surface area contributed by atoms with Gasteiger partial charge in [-0.2, -0.15) is 13.2 Å². The molecule has 1 amide bonds. The van der Waals surface area contributed by atoms with Gasteiger partial charge in [-0.1, -0.05) is 13.0 Å². The number of benzene rings is 1. The minimum Gasteiger partial charge on any atom is -0.488 e. The standard InChI is InChI=1S/C20H31F3N4O2.HI/c1-6-10-25-17(28)9-11-26-18(24-5)27-13-14-7-8-15(29-19(2,3)4)12-16(14)20(21,22)23;/h7-8,12H,6,9-11,13H2,1-5H3,(H,25,28)(H2,24,26,27);1H. The van der Waals surface area contributed by atoms with Gasteiger partial charge in [0.2, 0.25) is 5.91 Å². The SMILES string of the molecule is CCCNC(=O)CCNC(=NC)NCc1ccc(OC(C)(C)C)cc1C(F)(F)F.I. The monoisotopic (exact) mass is 544 g/mol. The molecule has 10 heteroatoms. The maximum atomic E-state index is 13.5. The van der Waals surface area contributed by atoms with E-state index in [1.54, 1.807) is 20.8 Å². The van der Waals surface area contributed by atoms with Gasteiger partial charge in [0.15, 0.2) is 5.96 Å². The third kappa shape index (κ3) is 10.9. The number of ether oxygens (including phenoxy) is 1. The Morgan fingerprint density at radius 1 is 1.10 bits per heavy atom. The first-order valence-electron chi connectivity index (χ1n) is 9.56. The van der Waals surface area contributed by atoms with Gasteiger partial charge in [0.1, 0.15) is 11.4 Å². The van der Waals surface area contributed by atoms with Crippen molar-refractivity contribution in [2.24, 2.45) is 4.99 Å². The Bertz CT molecular complexity index is 704. The van der Waals surface area contributed by atoms with Crippen LogP contribution in [0.5, 0.6) is 5.75 Å². The zero-order valence-corrected chi connectivity index (χ0v) is 20.4. The summed E-state index contributed by atoms with van der Waals surface area (Å²) in [6, 6.07) is 3.92. The molecule has 30 heavy (non-hydrogen) atoms. The molecule has 0 atom stereocenters. The van der Waals surface area contributed by atoms with E-state index in [4.69, 9.17) is 4.74 Å². The van der Waals surface area contributed by atoms with Crippen LogP contribution < -0.4 is 20.7 Å². The van der Waals surface area contributed by atoms with Crippen molar-refractivity contribution in [1.29, 1.82) is 0 Å². The summed E-state index contributed by atoms with van der Waals surface area (Å²) in [5.41, 5.74) is -1.29. The summed E-state index contributed by atoms with van der Waals surface area (Å²) in [7, 11) is 1.51. The summed E-state index contributed by atoms with van der Waals surface area (Å²) in [6.07, 6.45) is -3.42. The first-order valence-corrected chi connectivity index (χ1v) is 9.56. The van der Waals surface area contributed by atoms with Crippen LogP contribution in [0.4, 0.5) is 13.2 Å². The first kappa shape index (κ1) is 28.3. The van der Waals surface area contributed by atoms with Crippen molar-refractivity contribution in [2.45, 2.75) is 58.9 Å². The van der Waals surface area contributed by atoms with Crippen LogP contribution in [0.3, 0.4) is 0 Å². The summed E-state index contributed by atoms with van der Waals surface area (Å²) in [6.45, 7) is 8.13. The summed E-state index contributed by atoms with van der Waals surface area (Å²) in [4.78, 5) is 15.6. The Labute approximate surface area is 193 Å². The second-order valence-corrected chi connectivity index (χ2v) is 7.48. The smallest absolute Gasteiger partial charge is 0.416 e. The maximum absolute atomic E-state index is 13.5. The maximum Gasteiger partial charge on any atom is 0.416 e. The van der Waals surface area contributed by atoms with E-state index in [1.165, 1.54) is 19.2 Å². The molecule has 1 rings (SSSR count). The number of halogens is 4. The summed E-state index contributed by atoms with van der Waals surface area (Å²) in [5, 5.41) is 8.52. The minimum absolute atomic E-state index is 0. The van der Waals surface area contributed by atoms with E-state index >= 15 is 0 Å². The highest BCUT2D eigenvalue weighted by molar-refractivity contribution is 14.0. The van der Waals surface area contributed by atoms with E-state index in [9.17, 15) is 18.0 Å². The number of carbonyl (C=O) groups excluding carboxylic acids is 1. The summed E-state index contributed by atoms with van der Waals surface area (Å²) >= 11 is 0. The second-order valence-electron chi connectivity index (χ2n) is 7.48. The zero-order chi connectivity index (χ0) is 22.1. The van der Waals surface area contributed by atoms with Gasteiger partial charge in [-0.3, -0.25) is 9.79 Å². The van der Waals surface area contributed by atoms with Crippen LogP contribution in [-0.4, -0.2) is 37.6 Å². The molecule has 0 saturated carbocycles.